The third kappa shape index (κ3) is 2.88. The number of aromatic nitrogens is 1. The lowest BCUT2D eigenvalue weighted by molar-refractivity contribution is 0.415. The zero-order chi connectivity index (χ0) is 17.4. The molecule has 124 valence electrons. The summed E-state index contributed by atoms with van der Waals surface area (Å²) < 4.78 is 10.5. The van der Waals surface area contributed by atoms with Crippen molar-refractivity contribution in [2.24, 2.45) is 0 Å². The standard InChI is InChI=1S/C19H13NO4S/c1-23-14-4-2-3-11(7-14)16-10-25-18(20-16)15-8-12-5-6-13(21)9-17(12)24-19(15)22/h2-10,21H,1H3. The number of hydrogen-bond donors (Lipinski definition) is 1. The van der Waals surface area contributed by atoms with Crippen LogP contribution in [0.25, 0.3) is 32.8 Å². The maximum Gasteiger partial charge on any atom is 0.346 e. The molecule has 0 saturated heterocycles. The van der Waals surface area contributed by atoms with E-state index in [0.717, 1.165) is 22.4 Å². The second kappa shape index (κ2) is 6.07. The molecule has 2 heterocycles. The summed E-state index contributed by atoms with van der Waals surface area (Å²) >= 11 is 1.38. The lowest BCUT2D eigenvalue weighted by Crippen LogP contribution is -2.02. The molecule has 0 aliphatic carbocycles. The Hall–Kier alpha value is -3.12. The van der Waals surface area contributed by atoms with Crippen molar-refractivity contribution in [3.8, 4) is 33.3 Å². The van der Waals surface area contributed by atoms with Crippen LogP contribution < -0.4 is 10.4 Å². The van der Waals surface area contributed by atoms with E-state index in [4.69, 9.17) is 9.15 Å². The second-order valence-corrected chi connectivity index (χ2v) is 6.30. The number of rotatable bonds is 3. The maximum absolute atomic E-state index is 12.3. The SMILES string of the molecule is COc1cccc(-c2csc(-c3cc4ccc(O)cc4oc3=O)n2)c1. The summed E-state index contributed by atoms with van der Waals surface area (Å²) in [6, 6.07) is 14.0. The fraction of sp³-hybridized carbons (Fsp3) is 0.0526. The minimum Gasteiger partial charge on any atom is -0.508 e. The van der Waals surface area contributed by atoms with Gasteiger partial charge < -0.3 is 14.3 Å². The highest BCUT2D eigenvalue weighted by atomic mass is 32.1. The third-order valence-corrected chi connectivity index (χ3v) is 4.70. The Kier molecular flexibility index (Phi) is 3.74. The molecule has 0 amide bonds. The van der Waals surface area contributed by atoms with Crippen LogP contribution in [-0.2, 0) is 0 Å². The normalized spacial score (nSPS) is 10.9. The fourth-order valence-electron chi connectivity index (χ4n) is 2.56. The number of aromatic hydroxyl groups is 1. The van der Waals surface area contributed by atoms with E-state index in [1.807, 2.05) is 29.6 Å². The summed E-state index contributed by atoms with van der Waals surface area (Å²) in [7, 11) is 1.61. The Morgan fingerprint density at radius 1 is 1.16 bits per heavy atom. The molecule has 25 heavy (non-hydrogen) atoms. The number of ether oxygens (including phenoxy) is 1. The number of phenolic OH excluding ortho intramolecular Hbond substituents is 1. The Bertz CT molecular complexity index is 1130. The third-order valence-electron chi connectivity index (χ3n) is 3.82. The molecule has 0 atom stereocenters. The summed E-state index contributed by atoms with van der Waals surface area (Å²) in [5, 5.41) is 12.7. The molecule has 0 aliphatic heterocycles. The molecule has 0 aliphatic rings. The summed E-state index contributed by atoms with van der Waals surface area (Å²) in [5.74, 6) is 0.801. The first kappa shape index (κ1) is 15.4. The molecule has 1 N–H and O–H groups in total. The molecule has 4 aromatic rings. The van der Waals surface area contributed by atoms with Crippen LogP contribution in [0.3, 0.4) is 0 Å². The van der Waals surface area contributed by atoms with Crippen molar-refractivity contribution in [2.75, 3.05) is 7.11 Å². The van der Waals surface area contributed by atoms with Crippen molar-refractivity contribution in [2.45, 2.75) is 0 Å². The second-order valence-electron chi connectivity index (χ2n) is 5.44. The van der Waals surface area contributed by atoms with Crippen LogP contribution in [0.15, 0.2) is 63.1 Å². The average Bonchev–Trinajstić information content (AvgIpc) is 3.11. The van der Waals surface area contributed by atoms with Gasteiger partial charge in [-0.2, -0.15) is 0 Å². The van der Waals surface area contributed by atoms with Crippen LogP contribution in [0.1, 0.15) is 0 Å². The van der Waals surface area contributed by atoms with Crippen LogP contribution in [0.4, 0.5) is 0 Å². The molecular formula is C19H13NO4S. The molecule has 4 rings (SSSR count). The monoisotopic (exact) mass is 351 g/mol. The Morgan fingerprint density at radius 3 is 2.88 bits per heavy atom. The molecular weight excluding hydrogens is 338 g/mol. The molecule has 6 heteroatoms. The van der Waals surface area contributed by atoms with Gasteiger partial charge in [-0.15, -0.1) is 11.3 Å². The Labute approximate surface area is 146 Å². The Morgan fingerprint density at radius 2 is 2.04 bits per heavy atom. The Balaban J connectivity index is 1.79. The minimum absolute atomic E-state index is 0.0537. The molecule has 0 spiro atoms. The van der Waals surface area contributed by atoms with E-state index in [1.165, 1.54) is 17.4 Å². The zero-order valence-corrected chi connectivity index (χ0v) is 14.0. The minimum atomic E-state index is -0.482. The van der Waals surface area contributed by atoms with Gasteiger partial charge in [0.05, 0.1) is 18.4 Å². The lowest BCUT2D eigenvalue weighted by atomic mass is 10.1. The van der Waals surface area contributed by atoms with Crippen molar-refractivity contribution in [3.05, 3.63) is 64.3 Å². The molecule has 0 fully saturated rings. The molecule has 5 nitrogen and oxygen atoms in total. The van der Waals surface area contributed by atoms with Crippen LogP contribution >= 0.6 is 11.3 Å². The van der Waals surface area contributed by atoms with Gasteiger partial charge >= 0.3 is 5.63 Å². The van der Waals surface area contributed by atoms with E-state index in [-0.39, 0.29) is 5.75 Å². The van der Waals surface area contributed by atoms with E-state index >= 15 is 0 Å². The first-order valence-electron chi connectivity index (χ1n) is 7.51. The number of fused-ring (bicyclic) bond motifs is 1. The van der Waals surface area contributed by atoms with E-state index < -0.39 is 5.63 Å². The topological polar surface area (TPSA) is 72.6 Å². The number of methoxy groups -OCH3 is 1. The highest BCUT2D eigenvalue weighted by molar-refractivity contribution is 7.13. The molecule has 2 aromatic heterocycles. The first-order valence-corrected chi connectivity index (χ1v) is 8.39. The van der Waals surface area contributed by atoms with Crippen molar-refractivity contribution in [1.29, 1.82) is 0 Å². The average molecular weight is 351 g/mol. The van der Waals surface area contributed by atoms with Crippen LogP contribution in [0.5, 0.6) is 11.5 Å². The van der Waals surface area contributed by atoms with E-state index in [1.54, 1.807) is 25.3 Å². The summed E-state index contributed by atoms with van der Waals surface area (Å²) in [6.07, 6.45) is 0. The van der Waals surface area contributed by atoms with Gasteiger partial charge in [0.25, 0.3) is 0 Å². The van der Waals surface area contributed by atoms with Crippen LogP contribution in [0, 0.1) is 0 Å². The van der Waals surface area contributed by atoms with Gasteiger partial charge in [-0.05, 0) is 30.3 Å². The van der Waals surface area contributed by atoms with Crippen LogP contribution in [-0.4, -0.2) is 17.2 Å². The summed E-state index contributed by atoms with van der Waals surface area (Å²) in [4.78, 5) is 16.9. The molecule has 0 bridgehead atoms. The van der Waals surface area contributed by atoms with E-state index in [2.05, 4.69) is 4.98 Å². The number of benzene rings is 2. The van der Waals surface area contributed by atoms with Gasteiger partial charge in [0.2, 0.25) is 0 Å². The zero-order valence-electron chi connectivity index (χ0n) is 13.2. The van der Waals surface area contributed by atoms with Gasteiger partial charge in [0, 0.05) is 22.4 Å². The fourth-order valence-corrected chi connectivity index (χ4v) is 3.39. The summed E-state index contributed by atoms with van der Waals surface area (Å²) in [6.45, 7) is 0. The number of phenols is 1. The lowest BCUT2D eigenvalue weighted by Gasteiger charge is -2.02. The van der Waals surface area contributed by atoms with Gasteiger partial charge in [-0.3, -0.25) is 0 Å². The predicted molar refractivity (Wildman–Crippen MR) is 97.2 cm³/mol. The van der Waals surface area contributed by atoms with Gasteiger partial charge in [-0.25, -0.2) is 9.78 Å². The largest absolute Gasteiger partial charge is 0.508 e. The number of hydrogen-bond acceptors (Lipinski definition) is 6. The maximum atomic E-state index is 12.3. The van der Waals surface area contributed by atoms with Gasteiger partial charge in [0.1, 0.15) is 22.1 Å². The highest BCUT2D eigenvalue weighted by Gasteiger charge is 2.13. The molecule has 0 unspecified atom stereocenters. The molecule has 2 aromatic carbocycles. The smallest absolute Gasteiger partial charge is 0.346 e. The van der Waals surface area contributed by atoms with Gasteiger partial charge in [0.15, 0.2) is 0 Å². The number of nitrogens with zero attached hydrogens (tertiary/aromatic N) is 1. The van der Waals surface area contributed by atoms with Crippen molar-refractivity contribution in [3.63, 3.8) is 0 Å². The quantitative estimate of drug-likeness (QED) is 0.557. The first-order chi connectivity index (χ1) is 12.1. The molecule has 0 radical (unpaired) electrons. The van der Waals surface area contributed by atoms with Gasteiger partial charge in [-0.1, -0.05) is 12.1 Å². The van der Waals surface area contributed by atoms with Crippen molar-refractivity contribution < 1.29 is 14.3 Å². The predicted octanol–water partition coefficient (Wildman–Crippen LogP) is 4.30. The van der Waals surface area contributed by atoms with Crippen LogP contribution in [0.2, 0.25) is 0 Å². The highest BCUT2D eigenvalue weighted by Crippen LogP contribution is 2.30. The summed E-state index contributed by atoms with van der Waals surface area (Å²) in [5.41, 5.74) is 1.95. The number of thiazole rings is 1. The van der Waals surface area contributed by atoms with E-state index in [9.17, 15) is 9.90 Å². The van der Waals surface area contributed by atoms with Crippen molar-refractivity contribution in [1.82, 2.24) is 4.98 Å². The van der Waals surface area contributed by atoms with E-state index in [0.29, 0.717) is 16.2 Å². The van der Waals surface area contributed by atoms with Crippen molar-refractivity contribution >= 4 is 22.3 Å². The molecule has 0 saturated carbocycles.